The third kappa shape index (κ3) is 7.09. The minimum Gasteiger partial charge on any atom is -0.438 e. The molecule has 3 heterocycles. The predicted molar refractivity (Wildman–Crippen MR) is 161 cm³/mol. The fourth-order valence-electron chi connectivity index (χ4n) is 5.45. The molecule has 41 heavy (non-hydrogen) atoms. The summed E-state index contributed by atoms with van der Waals surface area (Å²) in [6.45, 7) is 13.8. The molecule has 2 aliphatic heterocycles. The van der Waals surface area contributed by atoms with Gasteiger partial charge in [-0.05, 0) is 73.6 Å². The van der Waals surface area contributed by atoms with Gasteiger partial charge in [-0.15, -0.1) is 0 Å². The zero-order valence-electron chi connectivity index (χ0n) is 25.3. The Hall–Kier alpha value is -2.98. The average Bonchev–Trinajstić information content (AvgIpc) is 2.95. The SMILES string of the molecule is CNC(=O)c1ccc(N2CCC[C@H](N3CC[C@](CCCO[Si](C)(C)C(C)(C)C)(c4ccc(F)cc4)OC3=O)C2)nc1. The standard InChI is InChI=1S/C31H45FN4O4Si/c1-30(2,3)41(5,6)39-20-8-16-31(24-11-13-25(32)14-12-24)17-19-36(29(38)40-31)26-9-7-18-35(22-26)27-15-10-23(21-34-27)28(37)33-4/h10-15,21,26H,7-9,16-20,22H2,1-6H3,(H,33,37)/t26-,31+/m0/s1. The number of nitrogens with zero attached hydrogens (tertiary/aromatic N) is 3. The number of pyridine rings is 1. The highest BCUT2D eigenvalue weighted by molar-refractivity contribution is 6.74. The van der Waals surface area contributed by atoms with Gasteiger partial charge in [0.05, 0.1) is 11.6 Å². The van der Waals surface area contributed by atoms with E-state index in [0.29, 0.717) is 38.1 Å². The minimum atomic E-state index is -1.89. The number of piperidine rings is 1. The van der Waals surface area contributed by atoms with Crippen molar-refractivity contribution in [1.82, 2.24) is 15.2 Å². The van der Waals surface area contributed by atoms with Crippen molar-refractivity contribution in [3.63, 3.8) is 0 Å². The van der Waals surface area contributed by atoms with E-state index in [1.165, 1.54) is 12.1 Å². The van der Waals surface area contributed by atoms with E-state index in [0.717, 1.165) is 37.2 Å². The summed E-state index contributed by atoms with van der Waals surface area (Å²) in [6, 6.07) is 9.96. The number of ether oxygens (including phenoxy) is 1. The molecule has 2 atom stereocenters. The van der Waals surface area contributed by atoms with Crippen LogP contribution in [0.1, 0.15) is 68.8 Å². The maximum absolute atomic E-state index is 13.8. The normalized spacial score (nSPS) is 21.9. The van der Waals surface area contributed by atoms with Crippen LogP contribution < -0.4 is 10.2 Å². The van der Waals surface area contributed by atoms with Crippen LogP contribution in [-0.4, -0.2) is 69.5 Å². The maximum Gasteiger partial charge on any atom is 0.410 e. The van der Waals surface area contributed by atoms with Crippen LogP contribution in [0.5, 0.6) is 0 Å². The summed E-state index contributed by atoms with van der Waals surface area (Å²) in [6.07, 6.45) is 5.03. The van der Waals surface area contributed by atoms with Gasteiger partial charge in [-0.1, -0.05) is 32.9 Å². The zero-order chi connectivity index (χ0) is 29.8. The minimum absolute atomic E-state index is 0.00944. The highest BCUT2D eigenvalue weighted by atomic mass is 28.4. The highest BCUT2D eigenvalue weighted by Crippen LogP contribution is 2.41. The van der Waals surface area contributed by atoms with Crippen LogP contribution in [-0.2, 0) is 14.8 Å². The number of cyclic esters (lactones) is 1. The number of hydrogen-bond donors (Lipinski definition) is 1. The van der Waals surface area contributed by atoms with Gasteiger partial charge in [0, 0.05) is 45.9 Å². The van der Waals surface area contributed by atoms with Crippen molar-refractivity contribution in [3.8, 4) is 0 Å². The molecule has 224 valence electrons. The lowest BCUT2D eigenvalue weighted by Crippen LogP contribution is -2.56. The summed E-state index contributed by atoms with van der Waals surface area (Å²) in [5.41, 5.74) is 0.519. The Morgan fingerprint density at radius 1 is 1.20 bits per heavy atom. The van der Waals surface area contributed by atoms with Crippen molar-refractivity contribution in [3.05, 3.63) is 59.5 Å². The summed E-state index contributed by atoms with van der Waals surface area (Å²) in [5.74, 6) is 0.302. The molecule has 0 saturated carbocycles. The van der Waals surface area contributed by atoms with Gasteiger partial charge in [0.1, 0.15) is 17.2 Å². The maximum atomic E-state index is 13.8. The molecule has 0 unspecified atom stereocenters. The number of nitrogens with one attached hydrogen (secondary N) is 1. The third-order valence-corrected chi connectivity index (χ3v) is 13.6. The van der Waals surface area contributed by atoms with E-state index in [1.54, 1.807) is 31.4 Å². The number of halogens is 1. The second-order valence-corrected chi connectivity index (χ2v) is 17.6. The number of amides is 2. The summed E-state index contributed by atoms with van der Waals surface area (Å²) in [7, 11) is -0.296. The van der Waals surface area contributed by atoms with Gasteiger partial charge in [-0.25, -0.2) is 14.2 Å². The number of hydrogen-bond acceptors (Lipinski definition) is 6. The fourth-order valence-corrected chi connectivity index (χ4v) is 6.54. The number of carbonyl (C=O) groups excluding carboxylic acids is 2. The van der Waals surface area contributed by atoms with Crippen molar-refractivity contribution in [2.24, 2.45) is 0 Å². The van der Waals surface area contributed by atoms with Crippen LogP contribution in [0.25, 0.3) is 0 Å². The molecule has 1 aromatic carbocycles. The zero-order valence-corrected chi connectivity index (χ0v) is 26.3. The van der Waals surface area contributed by atoms with Crippen molar-refractivity contribution >= 4 is 26.1 Å². The number of carbonyl (C=O) groups is 2. The molecular weight excluding hydrogens is 539 g/mol. The lowest BCUT2D eigenvalue weighted by Gasteiger charge is -2.46. The van der Waals surface area contributed by atoms with Crippen molar-refractivity contribution in [2.75, 3.05) is 38.2 Å². The van der Waals surface area contributed by atoms with E-state index < -0.39 is 13.9 Å². The molecule has 2 saturated heterocycles. The first-order valence-corrected chi connectivity index (χ1v) is 17.6. The Balaban J connectivity index is 1.44. The summed E-state index contributed by atoms with van der Waals surface area (Å²) < 4.78 is 26.5. The van der Waals surface area contributed by atoms with Crippen LogP contribution in [0, 0.1) is 5.82 Å². The number of rotatable bonds is 9. The molecule has 2 amide bonds. The quantitative estimate of drug-likeness (QED) is 0.284. The molecule has 2 fully saturated rings. The molecule has 1 N–H and O–H groups in total. The van der Waals surface area contributed by atoms with Gasteiger partial charge in [0.2, 0.25) is 0 Å². The molecule has 2 aromatic rings. The third-order valence-electron chi connectivity index (χ3n) is 9.04. The average molecular weight is 585 g/mol. The number of benzene rings is 1. The smallest absolute Gasteiger partial charge is 0.410 e. The van der Waals surface area contributed by atoms with E-state index in [9.17, 15) is 14.0 Å². The van der Waals surface area contributed by atoms with Crippen molar-refractivity contribution < 1.29 is 23.1 Å². The monoisotopic (exact) mass is 584 g/mol. The Morgan fingerprint density at radius 2 is 1.93 bits per heavy atom. The second kappa shape index (κ2) is 12.5. The Morgan fingerprint density at radius 3 is 2.54 bits per heavy atom. The lowest BCUT2D eigenvalue weighted by atomic mass is 9.84. The first-order valence-electron chi connectivity index (χ1n) is 14.7. The van der Waals surface area contributed by atoms with Crippen LogP contribution in [0.4, 0.5) is 15.0 Å². The summed E-state index contributed by atoms with van der Waals surface area (Å²) in [5, 5.41) is 2.73. The first kappa shape index (κ1) is 31.0. The molecule has 8 nitrogen and oxygen atoms in total. The van der Waals surface area contributed by atoms with Crippen molar-refractivity contribution in [1.29, 1.82) is 0 Å². The van der Waals surface area contributed by atoms with E-state index in [2.05, 4.69) is 49.1 Å². The largest absolute Gasteiger partial charge is 0.438 e. The van der Waals surface area contributed by atoms with E-state index in [-0.39, 0.29) is 28.9 Å². The predicted octanol–water partition coefficient (Wildman–Crippen LogP) is 6.09. The van der Waals surface area contributed by atoms with Crippen LogP contribution in [0.15, 0.2) is 42.6 Å². The van der Waals surface area contributed by atoms with Crippen LogP contribution in [0.3, 0.4) is 0 Å². The summed E-state index contributed by atoms with van der Waals surface area (Å²) in [4.78, 5) is 34.0. The van der Waals surface area contributed by atoms with Gasteiger partial charge in [-0.3, -0.25) is 4.79 Å². The van der Waals surface area contributed by atoms with Gasteiger partial charge < -0.3 is 24.3 Å². The molecule has 0 radical (unpaired) electrons. The first-order chi connectivity index (χ1) is 19.3. The van der Waals surface area contributed by atoms with Gasteiger partial charge >= 0.3 is 6.09 Å². The lowest BCUT2D eigenvalue weighted by molar-refractivity contribution is -0.0695. The van der Waals surface area contributed by atoms with Gasteiger partial charge in [0.15, 0.2) is 8.32 Å². The summed E-state index contributed by atoms with van der Waals surface area (Å²) >= 11 is 0. The van der Waals surface area contributed by atoms with E-state index in [4.69, 9.17) is 9.16 Å². The topological polar surface area (TPSA) is 84.0 Å². The van der Waals surface area contributed by atoms with E-state index in [1.807, 2.05) is 11.0 Å². The van der Waals surface area contributed by atoms with Gasteiger partial charge in [0.25, 0.3) is 5.91 Å². The van der Waals surface area contributed by atoms with Crippen molar-refractivity contribution in [2.45, 2.75) is 82.7 Å². The molecule has 2 aliphatic rings. The van der Waals surface area contributed by atoms with Crippen LogP contribution >= 0.6 is 0 Å². The Bertz CT molecular complexity index is 1200. The highest BCUT2D eigenvalue weighted by Gasteiger charge is 2.45. The van der Waals surface area contributed by atoms with Crippen LogP contribution in [0.2, 0.25) is 18.1 Å². The molecule has 1 aromatic heterocycles. The fraction of sp³-hybridized carbons (Fsp3) is 0.581. The number of aromatic nitrogens is 1. The molecule has 0 bridgehead atoms. The van der Waals surface area contributed by atoms with E-state index >= 15 is 0 Å². The molecular formula is C31H45FN4O4Si. The molecule has 0 aliphatic carbocycles. The molecule has 4 rings (SSSR count). The Labute approximate surface area is 244 Å². The molecule has 0 spiro atoms. The Kier molecular flexibility index (Phi) is 9.43. The van der Waals surface area contributed by atoms with Gasteiger partial charge in [-0.2, -0.15) is 0 Å². The molecule has 10 heteroatoms. The second-order valence-electron chi connectivity index (χ2n) is 12.8. The number of anilines is 1.